The van der Waals surface area contributed by atoms with Crippen molar-refractivity contribution >= 4 is 62.2 Å². The molecule has 8 rings (SSSR count). The van der Waals surface area contributed by atoms with Crippen LogP contribution in [0, 0.1) is 23.7 Å². The van der Waals surface area contributed by atoms with Gasteiger partial charge >= 0.3 is 12.1 Å². The Morgan fingerprint density at radius 2 is 1.14 bits per heavy atom. The number of hydrogen-bond donors (Lipinski definition) is 0. The molecule has 328 valence electrons. The second-order valence-corrected chi connectivity index (χ2v) is 16.6. The van der Waals surface area contributed by atoms with Crippen molar-refractivity contribution in [3.05, 3.63) is 91.0 Å². The lowest BCUT2D eigenvalue weighted by molar-refractivity contribution is -0.152. The van der Waals surface area contributed by atoms with Gasteiger partial charge in [-0.1, -0.05) is 24.8 Å². The second-order valence-electron chi connectivity index (χ2n) is 16.6. The van der Waals surface area contributed by atoms with Crippen LogP contribution in [0.1, 0.15) is 51.4 Å². The largest absolute Gasteiger partial charge is 0.493 e. The second kappa shape index (κ2) is 19.5. The Morgan fingerprint density at radius 3 is 1.71 bits per heavy atom. The Balaban J connectivity index is 1.03. The normalized spacial score (nSPS) is 19.2. The number of rotatable bonds is 17. The number of benzene rings is 5. The van der Waals surface area contributed by atoms with Gasteiger partial charge in [-0.3, -0.25) is 0 Å². The van der Waals surface area contributed by atoms with E-state index in [0.717, 1.165) is 125 Å². The average Bonchev–Trinajstić information content (AvgIpc) is 3.31. The zero-order chi connectivity index (χ0) is 43.9. The molecular formula is C50H49F3N2O8. The predicted molar refractivity (Wildman–Crippen MR) is 234 cm³/mol. The van der Waals surface area contributed by atoms with Crippen molar-refractivity contribution in [2.45, 2.75) is 57.5 Å². The van der Waals surface area contributed by atoms with Gasteiger partial charge in [0, 0.05) is 22.6 Å². The lowest BCUT2D eigenvalue weighted by Crippen LogP contribution is -2.22. The third-order valence-electron chi connectivity index (χ3n) is 12.3. The highest BCUT2D eigenvalue weighted by atomic mass is 19.4. The van der Waals surface area contributed by atoms with Crippen LogP contribution in [-0.2, 0) is 23.9 Å². The van der Waals surface area contributed by atoms with Crippen molar-refractivity contribution in [1.82, 2.24) is 9.97 Å². The molecule has 0 N–H and O–H groups in total. The summed E-state index contributed by atoms with van der Waals surface area (Å²) in [5, 5.41) is 3.89. The summed E-state index contributed by atoms with van der Waals surface area (Å²) in [4.78, 5) is 44.6. The van der Waals surface area contributed by atoms with Gasteiger partial charge in [0.15, 0.2) is 0 Å². The Kier molecular flexibility index (Phi) is 13.5. The van der Waals surface area contributed by atoms with Crippen LogP contribution in [0.2, 0.25) is 0 Å². The van der Waals surface area contributed by atoms with Crippen LogP contribution in [0.5, 0.6) is 17.2 Å². The molecule has 0 atom stereocenters. The van der Waals surface area contributed by atoms with Gasteiger partial charge < -0.3 is 33.3 Å². The quantitative estimate of drug-likeness (QED) is 0.0219. The molecule has 1 aromatic heterocycles. The molecule has 63 heavy (non-hydrogen) atoms. The Hall–Kier alpha value is -6.08. The van der Waals surface area contributed by atoms with Crippen LogP contribution in [0.3, 0.4) is 0 Å². The number of alkyl halides is 3. The first-order chi connectivity index (χ1) is 30.6. The summed E-state index contributed by atoms with van der Waals surface area (Å²) in [7, 11) is 0. The van der Waals surface area contributed by atoms with Crippen LogP contribution in [0.15, 0.2) is 91.0 Å². The fraction of sp³-hybridized carbons (Fsp3) is 0.380. The maximum Gasteiger partial charge on any atom is 0.422 e. The molecular weight excluding hydrogens is 814 g/mol. The lowest BCUT2D eigenvalue weighted by atomic mass is 9.83. The standard InChI is InChI=1S/C50H49F3N2O8/c1-31(50(51,52)53)49(58)61-22-20-59-19-21-60-38-4-2-3-36(23-38)37-13-18-45-46(24-37)55-48-44-26-40(63-30-35-11-7-33(28-57)8-12-35)15-17-42(44)41-16-14-39(25-43(41)47(48)54-45)62-29-34-9-5-32(27-56)6-10-34/h2-4,13-18,23-28,32-35H,1,5-12,19-22,29-30H2. The molecule has 0 unspecified atom stereocenters. The monoisotopic (exact) mass is 862 g/mol. The summed E-state index contributed by atoms with van der Waals surface area (Å²) < 4.78 is 66.5. The minimum absolute atomic E-state index is 0.101. The van der Waals surface area contributed by atoms with Gasteiger partial charge in [-0.2, -0.15) is 13.2 Å². The van der Waals surface area contributed by atoms with Gasteiger partial charge in [-0.25, -0.2) is 14.8 Å². The van der Waals surface area contributed by atoms with Crippen molar-refractivity contribution < 1.29 is 51.2 Å². The average molecular weight is 863 g/mol. The summed E-state index contributed by atoms with van der Waals surface area (Å²) in [5.41, 5.74) is 3.14. The van der Waals surface area contributed by atoms with Crippen LogP contribution in [0.25, 0.3) is 54.7 Å². The van der Waals surface area contributed by atoms with Crippen LogP contribution in [0.4, 0.5) is 13.2 Å². The summed E-state index contributed by atoms with van der Waals surface area (Å²) in [5.74, 6) is 1.66. The zero-order valence-corrected chi connectivity index (χ0v) is 34.9. The highest BCUT2D eigenvalue weighted by Crippen LogP contribution is 2.39. The minimum Gasteiger partial charge on any atom is -0.493 e. The fourth-order valence-corrected chi connectivity index (χ4v) is 8.59. The molecule has 0 saturated heterocycles. The van der Waals surface area contributed by atoms with Gasteiger partial charge in [0.25, 0.3) is 0 Å². The van der Waals surface area contributed by atoms with E-state index >= 15 is 0 Å². The van der Waals surface area contributed by atoms with E-state index < -0.39 is 17.7 Å². The Bertz CT molecular complexity index is 2630. The number of ether oxygens (including phenoxy) is 5. The van der Waals surface area contributed by atoms with E-state index in [4.69, 9.17) is 28.9 Å². The molecule has 2 aliphatic rings. The van der Waals surface area contributed by atoms with E-state index in [1.165, 1.54) is 0 Å². The van der Waals surface area contributed by atoms with Gasteiger partial charge in [0.05, 0.1) is 48.5 Å². The van der Waals surface area contributed by atoms with E-state index in [0.29, 0.717) is 36.3 Å². The summed E-state index contributed by atoms with van der Waals surface area (Å²) in [6.07, 6.45) is 4.80. The van der Waals surface area contributed by atoms with Crippen molar-refractivity contribution in [3.8, 4) is 28.4 Å². The minimum atomic E-state index is -4.85. The number of aldehydes is 2. The number of carbonyl (C=O) groups is 3. The molecule has 5 aromatic carbocycles. The number of hydrogen-bond acceptors (Lipinski definition) is 10. The first-order valence-electron chi connectivity index (χ1n) is 21.6. The Morgan fingerprint density at radius 1 is 0.603 bits per heavy atom. The number of nitrogens with zero attached hydrogens (tertiary/aromatic N) is 2. The molecule has 0 spiro atoms. The smallest absolute Gasteiger partial charge is 0.422 e. The molecule has 2 saturated carbocycles. The van der Waals surface area contributed by atoms with Crippen molar-refractivity contribution in [1.29, 1.82) is 0 Å². The van der Waals surface area contributed by atoms with Crippen LogP contribution in [-0.4, -0.2) is 74.3 Å². The molecule has 2 fully saturated rings. The van der Waals surface area contributed by atoms with Crippen molar-refractivity contribution in [2.24, 2.45) is 23.7 Å². The fourth-order valence-electron chi connectivity index (χ4n) is 8.59. The van der Waals surface area contributed by atoms with Crippen molar-refractivity contribution in [2.75, 3.05) is 39.6 Å². The number of aromatic nitrogens is 2. The van der Waals surface area contributed by atoms with Gasteiger partial charge in [-0.05, 0) is 146 Å². The summed E-state index contributed by atoms with van der Waals surface area (Å²) in [6, 6.07) is 25.8. The summed E-state index contributed by atoms with van der Waals surface area (Å²) >= 11 is 0. The van der Waals surface area contributed by atoms with Crippen LogP contribution < -0.4 is 14.2 Å². The van der Waals surface area contributed by atoms with Gasteiger partial charge in [0.2, 0.25) is 0 Å². The van der Waals surface area contributed by atoms with E-state index in [1.807, 2.05) is 54.6 Å². The first kappa shape index (κ1) is 43.6. The maximum absolute atomic E-state index is 12.6. The molecule has 0 amide bonds. The third kappa shape index (κ3) is 10.4. The topological polar surface area (TPSA) is 123 Å². The number of halogens is 3. The molecule has 0 radical (unpaired) electrons. The third-order valence-corrected chi connectivity index (χ3v) is 12.3. The van der Waals surface area contributed by atoms with E-state index in [2.05, 4.69) is 35.6 Å². The highest BCUT2D eigenvalue weighted by molar-refractivity contribution is 6.24. The first-order valence-corrected chi connectivity index (χ1v) is 21.6. The van der Waals surface area contributed by atoms with E-state index in [9.17, 15) is 27.6 Å². The SMILES string of the molecule is C=C(C(=O)OCCOCCOc1cccc(-c2ccc3nc4c5cc(OCC6CCC(C=O)CC6)ccc5c5ccc(OCC6CCC(C=O)CC6)cc5c4nc3c2)c1)C(F)(F)F. The predicted octanol–water partition coefficient (Wildman–Crippen LogP) is 10.6. The molecule has 2 aliphatic carbocycles. The molecule has 0 aliphatic heterocycles. The molecule has 13 heteroatoms. The number of esters is 1. The van der Waals surface area contributed by atoms with Crippen LogP contribution >= 0.6 is 0 Å². The highest BCUT2D eigenvalue weighted by Gasteiger charge is 2.38. The molecule has 6 aromatic rings. The number of carbonyl (C=O) groups excluding carboxylic acids is 3. The molecule has 0 bridgehead atoms. The molecule has 1 heterocycles. The lowest BCUT2D eigenvalue weighted by Gasteiger charge is -2.25. The summed E-state index contributed by atoms with van der Waals surface area (Å²) in [6.45, 7) is 3.72. The molecule has 10 nitrogen and oxygen atoms in total. The Labute approximate surface area is 362 Å². The van der Waals surface area contributed by atoms with Gasteiger partial charge in [-0.15, -0.1) is 0 Å². The van der Waals surface area contributed by atoms with E-state index in [1.54, 1.807) is 0 Å². The number of fused-ring (bicyclic) bond motifs is 7. The zero-order valence-electron chi connectivity index (χ0n) is 34.9. The maximum atomic E-state index is 12.6. The van der Waals surface area contributed by atoms with E-state index in [-0.39, 0.29) is 38.3 Å². The van der Waals surface area contributed by atoms with Crippen molar-refractivity contribution in [3.63, 3.8) is 0 Å². The van der Waals surface area contributed by atoms with Gasteiger partial charge in [0.1, 0.15) is 48.6 Å².